The highest BCUT2D eigenvalue weighted by Crippen LogP contribution is 2.59. The fourth-order valence-electron chi connectivity index (χ4n) is 9.72. The van der Waals surface area contributed by atoms with Gasteiger partial charge >= 0.3 is 0 Å². The van der Waals surface area contributed by atoms with E-state index >= 15 is 0 Å². The van der Waals surface area contributed by atoms with E-state index < -0.39 is 0 Å². The van der Waals surface area contributed by atoms with Crippen molar-refractivity contribution < 1.29 is 0 Å². The number of allylic oxidation sites excluding steroid dienone is 1. The van der Waals surface area contributed by atoms with Crippen LogP contribution in [-0.4, -0.2) is 5.25 Å². The lowest BCUT2D eigenvalue weighted by atomic mass is 9.89. The van der Waals surface area contributed by atoms with E-state index in [1.165, 1.54) is 106 Å². The van der Waals surface area contributed by atoms with Gasteiger partial charge in [0.15, 0.2) is 0 Å². The zero-order valence-electron chi connectivity index (χ0n) is 30.9. The van der Waals surface area contributed by atoms with Crippen LogP contribution in [0.15, 0.2) is 176 Å². The minimum Gasteiger partial charge on any atom is -0.145 e. The van der Waals surface area contributed by atoms with Gasteiger partial charge in [0.1, 0.15) is 0 Å². The number of fused-ring (bicyclic) bond motifs is 10. The summed E-state index contributed by atoms with van der Waals surface area (Å²) in [5.41, 5.74) is 5.72. The first kappa shape index (κ1) is 32.5. The number of hydrogen-bond acceptors (Lipinski definition) is 3. The lowest BCUT2D eigenvalue weighted by molar-refractivity contribution is 0.883. The molecule has 13 rings (SSSR count). The Hall–Kier alpha value is -5.58. The third-order valence-electron chi connectivity index (χ3n) is 12.6. The molecular weight excluding hydrogens is 745 g/mol. The van der Waals surface area contributed by atoms with Gasteiger partial charge in [0.05, 0.1) is 0 Å². The Morgan fingerprint density at radius 2 is 0.930 bits per heavy atom. The Balaban J connectivity index is 0.948. The second kappa shape index (κ2) is 12.5. The van der Waals surface area contributed by atoms with Crippen LogP contribution in [0.25, 0.3) is 90.5 Å². The van der Waals surface area contributed by atoms with Crippen LogP contribution in [-0.2, 0) is 0 Å². The smallest absolute Gasteiger partial charge is 0.0389 e. The Morgan fingerprint density at radius 3 is 1.53 bits per heavy atom. The standard InChI is InChI=1S/C54H34S3/c1-4-10-34-22-43-25-40(16-13-37(43)19-31(34)7-1)49-28-46-52(55-49)47-29-50(41-17-14-38-20-32-8-2-5-11-35(32)23-44(38)26-41)57-54(47)48-30-51(56-53(46)48)42-18-15-39-21-33-9-3-6-12-36(33)24-45(39)27-42/h1-29,46,51,53H,30H2. The molecule has 57 heavy (non-hydrogen) atoms. The Kier molecular flexibility index (Phi) is 7.10. The molecule has 2 aliphatic heterocycles. The van der Waals surface area contributed by atoms with Crippen LogP contribution in [0.3, 0.4) is 0 Å². The molecule has 1 fully saturated rings. The normalized spacial score (nSPS) is 18.9. The molecule has 1 saturated heterocycles. The van der Waals surface area contributed by atoms with E-state index in [9.17, 15) is 0 Å². The van der Waals surface area contributed by atoms with E-state index in [4.69, 9.17) is 0 Å². The molecule has 1 aromatic heterocycles. The summed E-state index contributed by atoms with van der Waals surface area (Å²) in [6, 6.07) is 64.2. The Morgan fingerprint density at radius 1 is 0.439 bits per heavy atom. The van der Waals surface area contributed by atoms with Crippen LogP contribution in [0.5, 0.6) is 0 Å². The van der Waals surface area contributed by atoms with Gasteiger partial charge in [-0.1, -0.05) is 127 Å². The van der Waals surface area contributed by atoms with Crippen molar-refractivity contribution in [3.05, 3.63) is 197 Å². The first-order chi connectivity index (χ1) is 28.1. The van der Waals surface area contributed by atoms with Crippen molar-refractivity contribution in [2.75, 3.05) is 0 Å². The monoisotopic (exact) mass is 778 g/mol. The summed E-state index contributed by atoms with van der Waals surface area (Å²) in [7, 11) is 0. The molecule has 3 aliphatic rings. The minimum absolute atomic E-state index is 0.365. The molecule has 3 atom stereocenters. The molecule has 0 N–H and O–H groups in total. The van der Waals surface area contributed by atoms with Gasteiger partial charge in [-0.25, -0.2) is 0 Å². The van der Waals surface area contributed by atoms with Gasteiger partial charge in [0, 0.05) is 40.9 Å². The van der Waals surface area contributed by atoms with Crippen molar-refractivity contribution >= 4 is 115 Å². The van der Waals surface area contributed by atoms with Crippen LogP contribution in [0.2, 0.25) is 0 Å². The number of hydrogen-bond donors (Lipinski definition) is 0. The average molecular weight is 779 g/mol. The molecule has 3 heteroatoms. The van der Waals surface area contributed by atoms with Crippen molar-refractivity contribution in [3.8, 4) is 10.4 Å². The predicted octanol–water partition coefficient (Wildman–Crippen LogP) is 14.3. The van der Waals surface area contributed by atoms with Gasteiger partial charge < -0.3 is 0 Å². The summed E-state index contributed by atoms with van der Waals surface area (Å²) in [5.74, 6) is 0.365. The largest absolute Gasteiger partial charge is 0.145 e. The molecule has 0 saturated carbocycles. The molecule has 3 unspecified atom stereocenters. The lowest BCUT2D eigenvalue weighted by Crippen LogP contribution is -2.34. The van der Waals surface area contributed by atoms with Crippen LogP contribution in [0.4, 0.5) is 0 Å². The summed E-state index contributed by atoms with van der Waals surface area (Å²) in [6.45, 7) is 0. The van der Waals surface area contributed by atoms with Gasteiger partial charge in [-0.05, 0) is 154 Å². The maximum atomic E-state index is 2.62. The fourth-order valence-corrected chi connectivity index (χ4v) is 14.2. The molecule has 0 amide bonds. The van der Waals surface area contributed by atoms with Crippen LogP contribution in [0, 0.1) is 5.92 Å². The number of benzene rings is 9. The zero-order chi connectivity index (χ0) is 37.2. The summed E-state index contributed by atoms with van der Waals surface area (Å²) in [4.78, 5) is 4.29. The van der Waals surface area contributed by atoms with Crippen molar-refractivity contribution in [1.29, 1.82) is 0 Å². The molecule has 268 valence electrons. The summed E-state index contributed by atoms with van der Waals surface area (Å²) in [6.07, 6.45) is 3.71. The zero-order valence-corrected chi connectivity index (χ0v) is 33.4. The highest BCUT2D eigenvalue weighted by molar-refractivity contribution is 8.16. The van der Waals surface area contributed by atoms with Crippen LogP contribution < -0.4 is 9.75 Å². The van der Waals surface area contributed by atoms with Crippen molar-refractivity contribution in [3.63, 3.8) is 0 Å². The van der Waals surface area contributed by atoms with Crippen molar-refractivity contribution in [1.82, 2.24) is 0 Å². The minimum atomic E-state index is 0.365. The molecule has 9 aromatic carbocycles. The van der Waals surface area contributed by atoms with E-state index in [1.54, 1.807) is 5.57 Å². The highest BCUT2D eigenvalue weighted by Gasteiger charge is 2.43. The highest BCUT2D eigenvalue weighted by atomic mass is 32.2. The number of rotatable bonds is 3. The van der Waals surface area contributed by atoms with E-state index in [-0.39, 0.29) is 0 Å². The third-order valence-corrected chi connectivity index (χ3v) is 16.8. The van der Waals surface area contributed by atoms with E-state index in [0.29, 0.717) is 16.4 Å². The molecular formula is C54H34S3. The fraction of sp³-hybridized carbons (Fsp3) is 0.0741. The van der Waals surface area contributed by atoms with Crippen molar-refractivity contribution in [2.45, 2.75) is 16.9 Å². The van der Waals surface area contributed by atoms with Gasteiger partial charge in [0.2, 0.25) is 0 Å². The first-order valence-electron chi connectivity index (χ1n) is 19.9. The van der Waals surface area contributed by atoms with Gasteiger partial charge in [0.25, 0.3) is 0 Å². The molecule has 0 nitrogen and oxygen atoms in total. The van der Waals surface area contributed by atoms with Gasteiger partial charge in [-0.3, -0.25) is 0 Å². The van der Waals surface area contributed by atoms with Crippen LogP contribution in [0.1, 0.15) is 22.8 Å². The van der Waals surface area contributed by atoms with E-state index in [0.717, 1.165) is 6.42 Å². The maximum Gasteiger partial charge on any atom is 0.0389 e. The van der Waals surface area contributed by atoms with Crippen molar-refractivity contribution in [2.24, 2.45) is 5.92 Å². The second-order valence-corrected chi connectivity index (χ2v) is 19.5. The molecule has 0 radical (unpaired) electrons. The quantitative estimate of drug-likeness (QED) is 0.164. The average Bonchev–Trinajstić information content (AvgIpc) is 4.01. The number of thiophene rings is 1. The van der Waals surface area contributed by atoms with Gasteiger partial charge in [-0.15, -0.1) is 23.1 Å². The van der Waals surface area contributed by atoms with E-state index in [1.807, 2.05) is 23.1 Å². The summed E-state index contributed by atoms with van der Waals surface area (Å²) >= 11 is 6.24. The summed E-state index contributed by atoms with van der Waals surface area (Å²) < 4.78 is 1.51. The van der Waals surface area contributed by atoms with Gasteiger partial charge in [-0.2, -0.15) is 0 Å². The second-order valence-electron chi connectivity index (χ2n) is 16.0. The molecule has 3 heterocycles. The third kappa shape index (κ3) is 5.22. The summed E-state index contributed by atoms with van der Waals surface area (Å²) in [5, 5.41) is 18.0. The molecule has 0 bridgehead atoms. The van der Waals surface area contributed by atoms with E-state index in [2.05, 4.69) is 188 Å². The van der Waals surface area contributed by atoms with Crippen LogP contribution >= 0.6 is 34.9 Å². The molecule has 10 aromatic rings. The maximum absolute atomic E-state index is 2.62. The predicted molar refractivity (Wildman–Crippen MR) is 252 cm³/mol. The number of thioether (sulfide) groups is 2. The molecule has 1 aliphatic carbocycles. The molecule has 0 spiro atoms. The lowest BCUT2D eigenvalue weighted by Gasteiger charge is -2.22. The topological polar surface area (TPSA) is 0 Å². The SMILES string of the molecule is C1=C(c2ccc3cc4ccccc4cc3c2)SC2=c3cc(-c4ccc5cc6ccccc6cc5c4)sc3=C3CC(c4ccc5cc6ccccc6cc5c4)SC3C12. The first-order valence-corrected chi connectivity index (χ1v) is 22.4. The Bertz CT molecular complexity index is 3520. The Labute approximate surface area is 342 Å².